The van der Waals surface area contributed by atoms with Crippen molar-refractivity contribution in [3.05, 3.63) is 24.3 Å². The Kier molecular flexibility index (Phi) is 5.80. The second kappa shape index (κ2) is 8.47. The second-order valence-corrected chi connectivity index (χ2v) is 8.85. The van der Waals surface area contributed by atoms with E-state index in [0.29, 0.717) is 11.2 Å². The van der Waals surface area contributed by atoms with Gasteiger partial charge in [0, 0.05) is 18.0 Å². The molecule has 3 aromatic rings. The molecule has 0 aliphatic heterocycles. The van der Waals surface area contributed by atoms with Crippen molar-refractivity contribution in [3.8, 4) is 0 Å². The van der Waals surface area contributed by atoms with E-state index < -0.39 is 0 Å². The number of carbonyl (C=O) groups excluding carboxylic acids is 1. The van der Waals surface area contributed by atoms with Gasteiger partial charge in [0.25, 0.3) is 0 Å². The normalized spacial score (nSPS) is 16.5. The molecule has 4 rings (SSSR count). The van der Waals surface area contributed by atoms with Crippen LogP contribution in [0.5, 0.6) is 0 Å². The number of para-hydroxylation sites is 1. The second-order valence-electron chi connectivity index (χ2n) is 7.54. The topological polar surface area (TPSA) is 72.7 Å². The molecule has 1 saturated carbocycles. The van der Waals surface area contributed by atoms with Crippen molar-refractivity contribution in [3.63, 3.8) is 0 Å². The Morgan fingerprint density at radius 3 is 2.82 bits per heavy atom. The van der Waals surface area contributed by atoms with Crippen molar-refractivity contribution < 1.29 is 4.79 Å². The number of aryl methyl sites for hydroxylation is 1. The summed E-state index contributed by atoms with van der Waals surface area (Å²) in [6.07, 6.45) is 6.88. The summed E-state index contributed by atoms with van der Waals surface area (Å²) in [5, 5.41) is 13.3. The molecule has 0 radical (unpaired) electrons. The molecular formula is C21H27N5OS. The number of thioether (sulfide) groups is 1. The zero-order valence-corrected chi connectivity index (χ0v) is 17.3. The van der Waals surface area contributed by atoms with Crippen LogP contribution < -0.4 is 5.32 Å². The van der Waals surface area contributed by atoms with Gasteiger partial charge in [0.1, 0.15) is 5.52 Å². The predicted molar refractivity (Wildman–Crippen MR) is 113 cm³/mol. The minimum atomic E-state index is -0.245. The zero-order valence-electron chi connectivity index (χ0n) is 16.5. The molecule has 28 heavy (non-hydrogen) atoms. The monoisotopic (exact) mass is 397 g/mol. The third-order valence-corrected chi connectivity index (χ3v) is 6.36. The molecule has 6 nitrogen and oxygen atoms in total. The van der Waals surface area contributed by atoms with E-state index >= 15 is 0 Å². The van der Waals surface area contributed by atoms with Crippen LogP contribution in [0.15, 0.2) is 29.4 Å². The number of benzene rings is 1. The molecule has 148 valence electrons. The van der Waals surface area contributed by atoms with E-state index in [1.54, 1.807) is 0 Å². The molecule has 1 N–H and O–H groups in total. The maximum absolute atomic E-state index is 12.6. The molecule has 1 aliphatic rings. The summed E-state index contributed by atoms with van der Waals surface area (Å²) in [6.45, 7) is 4.95. The minimum absolute atomic E-state index is 0.0645. The lowest BCUT2D eigenvalue weighted by Crippen LogP contribution is -2.40. The van der Waals surface area contributed by atoms with Gasteiger partial charge in [0.15, 0.2) is 5.65 Å². The summed E-state index contributed by atoms with van der Waals surface area (Å²) in [7, 11) is 0. The van der Waals surface area contributed by atoms with E-state index in [4.69, 9.17) is 4.98 Å². The first-order valence-corrected chi connectivity index (χ1v) is 11.1. The van der Waals surface area contributed by atoms with Crippen LogP contribution in [0.2, 0.25) is 0 Å². The van der Waals surface area contributed by atoms with E-state index in [1.165, 1.54) is 31.0 Å². The fourth-order valence-electron chi connectivity index (χ4n) is 3.97. The number of carbonyl (C=O) groups is 1. The molecule has 1 fully saturated rings. The fraction of sp³-hybridized carbons (Fsp3) is 0.524. The number of amides is 1. The molecule has 0 saturated heterocycles. The SMILES string of the molecule is CCCn1c2ccccc2c2nnc(SC(C)C(=O)NC3CCCCC3)nc21. The Balaban J connectivity index is 1.56. The van der Waals surface area contributed by atoms with Crippen LogP contribution in [0.1, 0.15) is 52.4 Å². The molecule has 0 bridgehead atoms. The highest BCUT2D eigenvalue weighted by atomic mass is 32.2. The van der Waals surface area contributed by atoms with Crippen molar-refractivity contribution >= 4 is 39.7 Å². The molecule has 1 atom stereocenters. The van der Waals surface area contributed by atoms with E-state index in [0.717, 1.165) is 47.9 Å². The lowest BCUT2D eigenvalue weighted by Gasteiger charge is -2.24. The van der Waals surface area contributed by atoms with Crippen LogP contribution in [0, 0.1) is 0 Å². The standard InChI is InChI=1S/C21H27N5OS/c1-3-13-26-17-12-8-7-11-16(17)18-19(26)23-21(25-24-18)28-14(2)20(27)22-15-9-5-4-6-10-15/h7-8,11-12,14-15H,3-6,9-10,13H2,1-2H3,(H,22,27). The quantitative estimate of drug-likeness (QED) is 0.627. The van der Waals surface area contributed by atoms with Crippen molar-refractivity contribution in [2.24, 2.45) is 0 Å². The maximum atomic E-state index is 12.6. The van der Waals surface area contributed by atoms with E-state index in [2.05, 4.69) is 39.1 Å². The molecule has 2 aromatic heterocycles. The van der Waals surface area contributed by atoms with Crippen LogP contribution in [0.3, 0.4) is 0 Å². The first-order valence-electron chi connectivity index (χ1n) is 10.3. The number of aromatic nitrogens is 4. The number of fused-ring (bicyclic) bond motifs is 3. The van der Waals surface area contributed by atoms with Crippen LogP contribution in [-0.2, 0) is 11.3 Å². The molecule has 7 heteroatoms. The van der Waals surface area contributed by atoms with Gasteiger partial charge in [-0.05, 0) is 32.3 Å². The molecule has 1 unspecified atom stereocenters. The third-order valence-electron chi connectivity index (χ3n) is 5.40. The zero-order chi connectivity index (χ0) is 19.5. The Labute approximate surface area is 169 Å². The first-order chi connectivity index (χ1) is 13.7. The fourth-order valence-corrected chi connectivity index (χ4v) is 4.68. The average Bonchev–Trinajstić information content (AvgIpc) is 3.02. The summed E-state index contributed by atoms with van der Waals surface area (Å²) >= 11 is 1.38. The molecule has 0 spiro atoms. The van der Waals surface area contributed by atoms with Crippen LogP contribution >= 0.6 is 11.8 Å². The van der Waals surface area contributed by atoms with Gasteiger partial charge in [0.2, 0.25) is 11.1 Å². The van der Waals surface area contributed by atoms with Gasteiger partial charge in [0.05, 0.1) is 10.8 Å². The van der Waals surface area contributed by atoms with Crippen LogP contribution in [-0.4, -0.2) is 36.9 Å². The number of nitrogens with zero attached hydrogens (tertiary/aromatic N) is 4. The minimum Gasteiger partial charge on any atom is -0.352 e. The highest BCUT2D eigenvalue weighted by molar-refractivity contribution is 8.00. The van der Waals surface area contributed by atoms with Crippen molar-refractivity contribution in [1.29, 1.82) is 0 Å². The summed E-state index contributed by atoms with van der Waals surface area (Å²) in [6, 6.07) is 8.53. The third kappa shape index (κ3) is 3.85. The highest BCUT2D eigenvalue weighted by Gasteiger charge is 2.22. The van der Waals surface area contributed by atoms with E-state index in [-0.39, 0.29) is 11.2 Å². The van der Waals surface area contributed by atoms with E-state index in [9.17, 15) is 4.79 Å². The maximum Gasteiger partial charge on any atom is 0.233 e. The molecular weight excluding hydrogens is 370 g/mol. The Bertz CT molecular complexity index is 979. The van der Waals surface area contributed by atoms with Gasteiger partial charge in [-0.3, -0.25) is 4.79 Å². The lowest BCUT2D eigenvalue weighted by molar-refractivity contribution is -0.121. The predicted octanol–water partition coefficient (Wildman–Crippen LogP) is 4.32. The van der Waals surface area contributed by atoms with Gasteiger partial charge < -0.3 is 9.88 Å². The summed E-state index contributed by atoms with van der Waals surface area (Å²) < 4.78 is 2.20. The van der Waals surface area contributed by atoms with Crippen LogP contribution in [0.25, 0.3) is 22.1 Å². The summed E-state index contributed by atoms with van der Waals surface area (Å²) in [5.74, 6) is 0.0645. The lowest BCUT2D eigenvalue weighted by atomic mass is 9.95. The number of nitrogens with one attached hydrogen (secondary N) is 1. The van der Waals surface area contributed by atoms with Gasteiger partial charge in [-0.25, -0.2) is 4.98 Å². The smallest absolute Gasteiger partial charge is 0.233 e. The van der Waals surface area contributed by atoms with Gasteiger partial charge in [-0.1, -0.05) is 56.1 Å². The number of hydrogen-bond acceptors (Lipinski definition) is 5. The molecule has 1 amide bonds. The van der Waals surface area contributed by atoms with Crippen molar-refractivity contribution in [2.45, 2.75) is 75.4 Å². The van der Waals surface area contributed by atoms with Gasteiger partial charge in [-0.15, -0.1) is 10.2 Å². The Hall–Kier alpha value is -2.15. The largest absolute Gasteiger partial charge is 0.352 e. The summed E-state index contributed by atoms with van der Waals surface area (Å²) in [5.41, 5.74) is 2.81. The van der Waals surface area contributed by atoms with Gasteiger partial charge in [-0.2, -0.15) is 0 Å². The Morgan fingerprint density at radius 2 is 2.04 bits per heavy atom. The summed E-state index contributed by atoms with van der Waals surface area (Å²) in [4.78, 5) is 17.3. The average molecular weight is 398 g/mol. The first kappa shape index (κ1) is 19.2. The molecule has 1 aliphatic carbocycles. The Morgan fingerprint density at radius 1 is 1.25 bits per heavy atom. The van der Waals surface area contributed by atoms with Gasteiger partial charge >= 0.3 is 0 Å². The number of rotatable bonds is 6. The highest BCUT2D eigenvalue weighted by Crippen LogP contribution is 2.28. The molecule has 2 heterocycles. The van der Waals surface area contributed by atoms with Crippen molar-refractivity contribution in [1.82, 2.24) is 25.1 Å². The number of hydrogen-bond donors (Lipinski definition) is 1. The van der Waals surface area contributed by atoms with E-state index in [1.807, 2.05) is 19.1 Å². The van der Waals surface area contributed by atoms with Crippen molar-refractivity contribution in [2.75, 3.05) is 0 Å². The molecule has 1 aromatic carbocycles. The van der Waals surface area contributed by atoms with Crippen LogP contribution in [0.4, 0.5) is 0 Å².